The number of ether oxygens (including phenoxy) is 2. The van der Waals surface area contributed by atoms with Gasteiger partial charge in [0.05, 0.1) is 31.2 Å². The second-order valence-corrected chi connectivity index (χ2v) is 6.14. The van der Waals surface area contributed by atoms with Gasteiger partial charge in [0.1, 0.15) is 12.4 Å². The zero-order chi connectivity index (χ0) is 18.7. The Kier molecular flexibility index (Phi) is 5.11. The van der Waals surface area contributed by atoms with Gasteiger partial charge in [0.25, 0.3) is 0 Å². The monoisotopic (exact) mass is 360 g/mol. The maximum Gasteiger partial charge on any atom is 0.414 e. The van der Waals surface area contributed by atoms with Gasteiger partial charge in [-0.05, 0) is 25.0 Å². The molecule has 0 unspecified atom stereocenters. The van der Waals surface area contributed by atoms with Crippen molar-refractivity contribution in [1.29, 1.82) is 0 Å². The molecule has 2 amide bonds. The molecule has 1 saturated heterocycles. The van der Waals surface area contributed by atoms with Gasteiger partial charge in [0, 0.05) is 11.8 Å². The molecule has 8 nitrogen and oxygen atoms in total. The molecule has 8 heteroatoms. The summed E-state index contributed by atoms with van der Waals surface area (Å²) >= 11 is 0. The molecule has 1 aliphatic carbocycles. The lowest BCUT2D eigenvalue weighted by molar-refractivity contribution is -0.146. The Hall–Kier alpha value is -3.03. The summed E-state index contributed by atoms with van der Waals surface area (Å²) in [5.41, 5.74) is 1.03. The molecule has 0 saturated carbocycles. The van der Waals surface area contributed by atoms with Gasteiger partial charge in [-0.2, -0.15) is 0 Å². The van der Waals surface area contributed by atoms with E-state index in [0.717, 1.165) is 0 Å². The number of anilines is 2. The molecule has 1 heterocycles. The summed E-state index contributed by atoms with van der Waals surface area (Å²) in [4.78, 5) is 37.1. The molecular weight excluding hydrogens is 340 g/mol. The number of hydrogen-bond donors (Lipinski definition) is 2. The van der Waals surface area contributed by atoms with Crippen molar-refractivity contribution in [3.8, 4) is 5.75 Å². The van der Waals surface area contributed by atoms with Crippen LogP contribution >= 0.6 is 0 Å². The molecule has 0 spiro atoms. The normalized spacial score (nSPS) is 22.0. The number of carbonyl (C=O) groups excluding carboxylic acids is 2. The maximum atomic E-state index is 12.5. The standard InChI is InChI=1S/C18H20N2O6/c1-25-15-10-11(6-7-14(15)20-8-9-26-18(20)24)19-16(21)12-4-2-3-5-13(12)17(22)23/h2-3,6-7,10,12-13H,4-5,8-9H2,1H3,(H,19,21)(H,22,23)/t12-,13+/m1/s1. The highest BCUT2D eigenvalue weighted by Gasteiger charge is 2.34. The van der Waals surface area contributed by atoms with E-state index in [0.29, 0.717) is 43.1 Å². The number of cyclic esters (lactones) is 1. The first kappa shape index (κ1) is 17.8. The van der Waals surface area contributed by atoms with Gasteiger partial charge >= 0.3 is 12.1 Å². The first-order chi connectivity index (χ1) is 12.5. The first-order valence-electron chi connectivity index (χ1n) is 8.32. The van der Waals surface area contributed by atoms with Crippen molar-refractivity contribution in [2.45, 2.75) is 12.8 Å². The molecule has 1 aromatic rings. The quantitative estimate of drug-likeness (QED) is 0.781. The molecular formula is C18H20N2O6. The summed E-state index contributed by atoms with van der Waals surface area (Å²) in [6.07, 6.45) is 3.89. The molecule has 3 rings (SSSR count). The highest BCUT2D eigenvalue weighted by atomic mass is 16.6. The summed E-state index contributed by atoms with van der Waals surface area (Å²) in [7, 11) is 1.47. The molecule has 138 valence electrons. The smallest absolute Gasteiger partial charge is 0.414 e. The highest BCUT2D eigenvalue weighted by molar-refractivity contribution is 5.97. The Bertz CT molecular complexity index is 760. The van der Waals surface area contributed by atoms with Gasteiger partial charge in [0.15, 0.2) is 0 Å². The van der Waals surface area contributed by atoms with E-state index in [1.807, 2.05) is 6.08 Å². The topological polar surface area (TPSA) is 105 Å². The molecule has 26 heavy (non-hydrogen) atoms. The van der Waals surface area contributed by atoms with Crippen molar-refractivity contribution in [2.24, 2.45) is 11.8 Å². The van der Waals surface area contributed by atoms with Gasteiger partial charge in [-0.1, -0.05) is 12.2 Å². The van der Waals surface area contributed by atoms with Crippen LogP contribution < -0.4 is 15.0 Å². The van der Waals surface area contributed by atoms with E-state index >= 15 is 0 Å². The van der Waals surface area contributed by atoms with Crippen molar-refractivity contribution in [3.63, 3.8) is 0 Å². The van der Waals surface area contributed by atoms with E-state index in [-0.39, 0.29) is 5.91 Å². The maximum absolute atomic E-state index is 12.5. The number of nitrogens with zero attached hydrogens (tertiary/aromatic N) is 1. The predicted octanol–water partition coefficient (Wildman–Crippen LogP) is 2.26. The molecule has 2 N–H and O–H groups in total. The number of hydrogen-bond acceptors (Lipinski definition) is 5. The van der Waals surface area contributed by atoms with Crippen molar-refractivity contribution in [1.82, 2.24) is 0 Å². The predicted molar refractivity (Wildman–Crippen MR) is 93.3 cm³/mol. The fourth-order valence-electron chi connectivity index (χ4n) is 3.20. The van der Waals surface area contributed by atoms with Gasteiger partial charge < -0.3 is 19.9 Å². The number of carbonyl (C=O) groups is 3. The van der Waals surface area contributed by atoms with Crippen LogP contribution in [0.4, 0.5) is 16.2 Å². The molecule has 0 radical (unpaired) electrons. The van der Waals surface area contributed by atoms with Gasteiger partial charge in [-0.3, -0.25) is 14.5 Å². The van der Waals surface area contributed by atoms with Gasteiger partial charge in [0.2, 0.25) is 5.91 Å². The number of benzene rings is 1. The van der Waals surface area contributed by atoms with E-state index in [1.54, 1.807) is 24.3 Å². The van der Waals surface area contributed by atoms with E-state index in [4.69, 9.17) is 9.47 Å². The second-order valence-electron chi connectivity index (χ2n) is 6.14. The minimum atomic E-state index is -0.977. The third kappa shape index (κ3) is 3.49. The Morgan fingerprint density at radius 1 is 1.27 bits per heavy atom. The van der Waals surface area contributed by atoms with Gasteiger partial charge in [-0.25, -0.2) is 4.79 Å². The van der Waals surface area contributed by atoms with Crippen LogP contribution in [0.1, 0.15) is 12.8 Å². The van der Waals surface area contributed by atoms with Crippen LogP contribution in [0.3, 0.4) is 0 Å². The molecule has 1 aliphatic heterocycles. The second kappa shape index (κ2) is 7.47. The van der Waals surface area contributed by atoms with Crippen LogP contribution in [-0.2, 0) is 14.3 Å². The number of rotatable bonds is 5. The van der Waals surface area contributed by atoms with Crippen LogP contribution in [0, 0.1) is 11.8 Å². The van der Waals surface area contributed by atoms with Crippen LogP contribution in [0.15, 0.2) is 30.4 Å². The molecule has 1 fully saturated rings. The Morgan fingerprint density at radius 2 is 2.00 bits per heavy atom. The fraction of sp³-hybridized carbons (Fsp3) is 0.389. The summed E-state index contributed by atoms with van der Waals surface area (Å²) in [6, 6.07) is 4.92. The number of amides is 2. The van der Waals surface area contributed by atoms with Crippen molar-refractivity contribution >= 4 is 29.3 Å². The minimum absolute atomic E-state index is 0.312. The average Bonchev–Trinajstić information content (AvgIpc) is 3.07. The lowest BCUT2D eigenvalue weighted by atomic mass is 9.82. The van der Waals surface area contributed by atoms with Crippen molar-refractivity contribution < 1.29 is 29.0 Å². The van der Waals surface area contributed by atoms with Crippen LogP contribution in [0.5, 0.6) is 5.75 Å². The van der Waals surface area contributed by atoms with E-state index in [1.165, 1.54) is 12.0 Å². The molecule has 0 bridgehead atoms. The van der Waals surface area contributed by atoms with E-state index in [2.05, 4.69) is 5.32 Å². The number of allylic oxidation sites excluding steroid dienone is 2. The van der Waals surface area contributed by atoms with Crippen LogP contribution in [-0.4, -0.2) is 43.3 Å². The molecule has 2 atom stereocenters. The third-order valence-corrected chi connectivity index (χ3v) is 4.59. The number of carboxylic acids is 1. The number of aliphatic carboxylic acids is 1. The number of carboxylic acid groups (broad SMARTS) is 1. The summed E-state index contributed by atoms with van der Waals surface area (Å²) in [6.45, 7) is 0.738. The lowest BCUT2D eigenvalue weighted by Crippen LogP contribution is -2.34. The van der Waals surface area contributed by atoms with Gasteiger partial charge in [-0.15, -0.1) is 0 Å². The highest BCUT2D eigenvalue weighted by Crippen LogP contribution is 2.34. The minimum Gasteiger partial charge on any atom is -0.494 e. The third-order valence-electron chi connectivity index (χ3n) is 4.59. The number of methoxy groups -OCH3 is 1. The zero-order valence-electron chi connectivity index (χ0n) is 14.3. The Balaban J connectivity index is 1.77. The van der Waals surface area contributed by atoms with Crippen molar-refractivity contribution in [3.05, 3.63) is 30.4 Å². The van der Waals surface area contributed by atoms with Crippen LogP contribution in [0.2, 0.25) is 0 Å². The average molecular weight is 360 g/mol. The summed E-state index contributed by atoms with van der Waals surface area (Å²) in [5, 5.41) is 12.1. The Morgan fingerprint density at radius 3 is 2.62 bits per heavy atom. The fourth-order valence-corrected chi connectivity index (χ4v) is 3.20. The molecule has 2 aliphatic rings. The van der Waals surface area contributed by atoms with E-state index < -0.39 is 23.9 Å². The number of nitrogens with one attached hydrogen (secondary N) is 1. The largest absolute Gasteiger partial charge is 0.494 e. The zero-order valence-corrected chi connectivity index (χ0v) is 14.3. The SMILES string of the molecule is COc1cc(NC(=O)[C@@H]2CC=CC[C@@H]2C(=O)O)ccc1N1CCOC1=O. The van der Waals surface area contributed by atoms with Crippen molar-refractivity contribution in [2.75, 3.05) is 30.5 Å². The summed E-state index contributed by atoms with van der Waals surface area (Å²) < 4.78 is 10.3. The summed E-state index contributed by atoms with van der Waals surface area (Å²) in [5.74, 6) is -2.27. The molecule has 0 aromatic heterocycles. The Labute approximate surface area is 150 Å². The van der Waals surface area contributed by atoms with Crippen LogP contribution in [0.25, 0.3) is 0 Å². The molecule has 1 aromatic carbocycles. The lowest BCUT2D eigenvalue weighted by Gasteiger charge is -2.24. The first-order valence-corrected chi connectivity index (χ1v) is 8.32. The van der Waals surface area contributed by atoms with E-state index in [9.17, 15) is 19.5 Å².